The molecule has 0 aliphatic heterocycles. The van der Waals surface area contributed by atoms with E-state index in [4.69, 9.17) is 22.2 Å². The van der Waals surface area contributed by atoms with Gasteiger partial charge in [0.05, 0.1) is 0 Å². The molecule has 2 aromatic rings. The van der Waals surface area contributed by atoms with Gasteiger partial charge >= 0.3 is 6.09 Å². The van der Waals surface area contributed by atoms with Crippen LogP contribution in [-0.4, -0.2) is 18.0 Å². The first-order valence-electron chi connectivity index (χ1n) is 7.31. The number of rotatable bonds is 6. The van der Waals surface area contributed by atoms with Gasteiger partial charge in [-0.05, 0) is 17.2 Å². The van der Waals surface area contributed by atoms with E-state index in [2.05, 4.69) is 5.32 Å². The van der Waals surface area contributed by atoms with Gasteiger partial charge in [-0.1, -0.05) is 60.1 Å². The van der Waals surface area contributed by atoms with Gasteiger partial charge in [-0.3, -0.25) is 10.2 Å². The van der Waals surface area contributed by atoms with Crippen molar-refractivity contribution in [3.8, 4) is 0 Å². The molecule has 0 bridgehead atoms. The summed E-state index contributed by atoms with van der Waals surface area (Å²) in [6, 6.07) is 15.4. The van der Waals surface area contributed by atoms with Gasteiger partial charge in [0.2, 0.25) is 0 Å². The summed E-state index contributed by atoms with van der Waals surface area (Å²) in [6.07, 6.45) is -0.511. The number of nitrogens with two attached hydrogens (primary N) is 1. The van der Waals surface area contributed by atoms with Crippen molar-refractivity contribution in [3.63, 3.8) is 0 Å². The van der Waals surface area contributed by atoms with Gasteiger partial charge < -0.3 is 10.1 Å². The molecule has 6 nitrogen and oxygen atoms in total. The van der Waals surface area contributed by atoms with Gasteiger partial charge in [0.15, 0.2) is 0 Å². The minimum absolute atomic E-state index is 0.107. The number of hydrogen-bond acceptors (Lipinski definition) is 4. The summed E-state index contributed by atoms with van der Waals surface area (Å²) in [5, 5.41) is 3.01. The van der Waals surface area contributed by atoms with E-state index in [1.165, 1.54) is 0 Å². The van der Waals surface area contributed by atoms with Crippen LogP contribution >= 0.6 is 11.6 Å². The van der Waals surface area contributed by atoms with Crippen molar-refractivity contribution in [1.82, 2.24) is 10.7 Å². The number of hydrazine groups is 1. The molecule has 0 aliphatic rings. The van der Waals surface area contributed by atoms with Gasteiger partial charge in [0, 0.05) is 11.4 Å². The van der Waals surface area contributed by atoms with Crippen LogP contribution in [0.15, 0.2) is 54.6 Å². The fourth-order valence-electron chi connectivity index (χ4n) is 2.10. The summed E-state index contributed by atoms with van der Waals surface area (Å²) in [6.45, 7) is 0.107. The third-order valence-electron chi connectivity index (χ3n) is 3.35. The predicted octanol–water partition coefficient (Wildman–Crippen LogP) is 2.17. The first-order chi connectivity index (χ1) is 11.6. The Balaban J connectivity index is 1.97. The first kappa shape index (κ1) is 17.8. The minimum atomic E-state index is -0.891. The summed E-state index contributed by atoms with van der Waals surface area (Å²) in [4.78, 5) is 23.8. The molecule has 1 unspecified atom stereocenters. The van der Waals surface area contributed by atoms with E-state index in [0.29, 0.717) is 5.02 Å². The van der Waals surface area contributed by atoms with E-state index in [0.717, 1.165) is 11.1 Å². The number of nitrogens with one attached hydrogen (secondary N) is 2. The van der Waals surface area contributed by atoms with Crippen LogP contribution in [0, 0.1) is 0 Å². The average molecular weight is 348 g/mol. The smallest absolute Gasteiger partial charge is 0.408 e. The van der Waals surface area contributed by atoms with Crippen molar-refractivity contribution in [3.05, 3.63) is 70.7 Å². The number of hydrogen-bond donors (Lipinski definition) is 3. The topological polar surface area (TPSA) is 93.5 Å². The molecule has 0 saturated carbocycles. The second-order valence-corrected chi connectivity index (χ2v) is 5.47. The van der Waals surface area contributed by atoms with Crippen LogP contribution in [0.25, 0.3) is 0 Å². The molecule has 2 amide bonds. The summed E-state index contributed by atoms with van der Waals surface area (Å²) >= 11 is 6.09. The Morgan fingerprint density at radius 2 is 1.75 bits per heavy atom. The van der Waals surface area contributed by atoms with Gasteiger partial charge in [-0.25, -0.2) is 10.6 Å². The van der Waals surface area contributed by atoms with E-state index in [1.807, 2.05) is 35.8 Å². The van der Waals surface area contributed by atoms with Crippen molar-refractivity contribution in [1.29, 1.82) is 0 Å². The molecule has 0 aliphatic carbocycles. The van der Waals surface area contributed by atoms with E-state index < -0.39 is 18.0 Å². The highest BCUT2D eigenvalue weighted by molar-refractivity contribution is 6.31. The highest BCUT2D eigenvalue weighted by Crippen LogP contribution is 2.16. The SMILES string of the molecule is NNC(=O)C(Cc1ccccc1Cl)NC(=O)OCc1ccccc1. The summed E-state index contributed by atoms with van der Waals surface area (Å²) in [5.74, 6) is 4.65. The molecule has 0 saturated heterocycles. The highest BCUT2D eigenvalue weighted by Gasteiger charge is 2.22. The molecule has 126 valence electrons. The van der Waals surface area contributed by atoms with E-state index in [-0.39, 0.29) is 13.0 Å². The van der Waals surface area contributed by atoms with Crippen LogP contribution in [-0.2, 0) is 22.6 Å². The molecule has 0 fully saturated rings. The number of amides is 2. The number of halogens is 1. The molecule has 4 N–H and O–H groups in total. The lowest BCUT2D eigenvalue weighted by Gasteiger charge is -2.17. The van der Waals surface area contributed by atoms with Crippen molar-refractivity contribution >= 4 is 23.6 Å². The van der Waals surface area contributed by atoms with Crippen molar-refractivity contribution in [2.45, 2.75) is 19.1 Å². The van der Waals surface area contributed by atoms with Crippen molar-refractivity contribution < 1.29 is 14.3 Å². The van der Waals surface area contributed by atoms with Crippen molar-refractivity contribution in [2.24, 2.45) is 5.84 Å². The molecule has 2 rings (SSSR count). The molecule has 0 heterocycles. The van der Waals surface area contributed by atoms with Gasteiger partial charge in [0.25, 0.3) is 5.91 Å². The summed E-state index contributed by atoms with van der Waals surface area (Å²) in [7, 11) is 0. The van der Waals surface area contributed by atoms with Crippen LogP contribution in [0.3, 0.4) is 0 Å². The first-order valence-corrected chi connectivity index (χ1v) is 7.69. The largest absolute Gasteiger partial charge is 0.445 e. The van der Waals surface area contributed by atoms with Crippen LogP contribution in [0.1, 0.15) is 11.1 Å². The van der Waals surface area contributed by atoms with Crippen LogP contribution in [0.4, 0.5) is 4.79 Å². The number of ether oxygens (including phenoxy) is 1. The Morgan fingerprint density at radius 3 is 2.42 bits per heavy atom. The van der Waals surface area contributed by atoms with Crippen LogP contribution < -0.4 is 16.6 Å². The third-order valence-corrected chi connectivity index (χ3v) is 3.71. The average Bonchev–Trinajstić information content (AvgIpc) is 2.61. The monoisotopic (exact) mass is 347 g/mol. The summed E-state index contributed by atoms with van der Waals surface area (Å²) in [5.41, 5.74) is 3.60. The van der Waals surface area contributed by atoms with E-state index in [9.17, 15) is 9.59 Å². The van der Waals surface area contributed by atoms with Crippen LogP contribution in [0.2, 0.25) is 5.02 Å². The lowest BCUT2D eigenvalue weighted by molar-refractivity contribution is -0.123. The Hall–Kier alpha value is -2.57. The molecule has 0 radical (unpaired) electrons. The zero-order chi connectivity index (χ0) is 17.4. The molecular weight excluding hydrogens is 330 g/mol. The maximum Gasteiger partial charge on any atom is 0.408 e. The van der Waals surface area contributed by atoms with E-state index >= 15 is 0 Å². The zero-order valence-electron chi connectivity index (χ0n) is 12.9. The standard InChI is InChI=1S/C17H18ClN3O3/c18-14-9-5-4-8-13(14)10-15(16(22)21-19)20-17(23)24-11-12-6-2-1-3-7-12/h1-9,15H,10-11,19H2,(H,20,23)(H,21,22). The third kappa shape index (κ3) is 5.26. The van der Waals surface area contributed by atoms with Gasteiger partial charge in [-0.2, -0.15) is 0 Å². The van der Waals surface area contributed by atoms with Gasteiger partial charge in [0.1, 0.15) is 12.6 Å². The Kier molecular flexibility index (Phi) is 6.60. The lowest BCUT2D eigenvalue weighted by atomic mass is 10.1. The number of carbonyl (C=O) groups is 2. The Morgan fingerprint density at radius 1 is 1.08 bits per heavy atom. The lowest BCUT2D eigenvalue weighted by Crippen LogP contribution is -2.50. The normalized spacial score (nSPS) is 11.4. The molecule has 0 aromatic heterocycles. The van der Waals surface area contributed by atoms with Crippen molar-refractivity contribution in [2.75, 3.05) is 0 Å². The summed E-state index contributed by atoms with van der Waals surface area (Å²) < 4.78 is 5.12. The number of carbonyl (C=O) groups excluding carboxylic acids is 2. The molecular formula is C17H18ClN3O3. The number of alkyl carbamates (subject to hydrolysis) is 1. The van der Waals surface area contributed by atoms with Crippen LogP contribution in [0.5, 0.6) is 0 Å². The molecule has 0 spiro atoms. The Bertz CT molecular complexity index is 694. The maximum absolute atomic E-state index is 11.9. The van der Waals surface area contributed by atoms with Gasteiger partial charge in [-0.15, -0.1) is 0 Å². The number of benzene rings is 2. The molecule has 2 aromatic carbocycles. The Labute approximate surface area is 144 Å². The molecule has 24 heavy (non-hydrogen) atoms. The maximum atomic E-state index is 11.9. The second-order valence-electron chi connectivity index (χ2n) is 5.06. The minimum Gasteiger partial charge on any atom is -0.445 e. The predicted molar refractivity (Wildman–Crippen MR) is 91.0 cm³/mol. The zero-order valence-corrected chi connectivity index (χ0v) is 13.6. The van der Waals surface area contributed by atoms with E-state index in [1.54, 1.807) is 24.3 Å². The highest BCUT2D eigenvalue weighted by atomic mass is 35.5. The molecule has 1 atom stereocenters. The fourth-order valence-corrected chi connectivity index (χ4v) is 2.31. The molecule has 7 heteroatoms. The second kappa shape index (κ2) is 8.90. The quantitative estimate of drug-likeness (QED) is 0.424. The fraction of sp³-hybridized carbons (Fsp3) is 0.176.